The van der Waals surface area contributed by atoms with Crippen molar-refractivity contribution in [1.82, 2.24) is 24.7 Å². The van der Waals surface area contributed by atoms with E-state index in [1.807, 2.05) is 17.0 Å². The Morgan fingerprint density at radius 2 is 1.72 bits per heavy atom. The topological polar surface area (TPSA) is 66.6 Å². The number of rotatable bonds is 2. The molecule has 0 spiro atoms. The van der Waals surface area contributed by atoms with Crippen molar-refractivity contribution >= 4 is 17.4 Å². The maximum absolute atomic E-state index is 13.8. The lowest BCUT2D eigenvalue weighted by Gasteiger charge is -2.35. The lowest BCUT2D eigenvalue weighted by atomic mass is 10.1. The standard InChI is InChI=1S/C16H14F2N6O/c17-11-2-1-3-12(18)15(11)16(25)23-8-6-22(7-9-23)14-5-4-13-20-19-10-24(13)21-14/h1-5,10H,6-9H2. The highest BCUT2D eigenvalue weighted by Gasteiger charge is 2.27. The Morgan fingerprint density at radius 3 is 2.44 bits per heavy atom. The van der Waals surface area contributed by atoms with Crippen LogP contribution in [0.15, 0.2) is 36.7 Å². The van der Waals surface area contributed by atoms with E-state index < -0.39 is 23.1 Å². The quantitative estimate of drug-likeness (QED) is 0.702. The number of halogens is 2. The van der Waals surface area contributed by atoms with E-state index in [2.05, 4.69) is 15.3 Å². The van der Waals surface area contributed by atoms with E-state index in [1.165, 1.54) is 17.3 Å². The summed E-state index contributed by atoms with van der Waals surface area (Å²) in [5.41, 5.74) is 0.146. The van der Waals surface area contributed by atoms with Gasteiger partial charge in [0.25, 0.3) is 5.91 Å². The van der Waals surface area contributed by atoms with E-state index >= 15 is 0 Å². The molecule has 0 saturated carbocycles. The molecule has 0 bridgehead atoms. The molecule has 1 aliphatic heterocycles. The summed E-state index contributed by atoms with van der Waals surface area (Å²) >= 11 is 0. The highest BCUT2D eigenvalue weighted by molar-refractivity contribution is 5.95. The van der Waals surface area contributed by atoms with Gasteiger partial charge in [-0.25, -0.2) is 8.78 Å². The summed E-state index contributed by atoms with van der Waals surface area (Å²) in [4.78, 5) is 15.9. The Labute approximate surface area is 141 Å². The fraction of sp³-hybridized carbons (Fsp3) is 0.250. The van der Waals surface area contributed by atoms with Gasteiger partial charge in [-0.2, -0.15) is 4.52 Å². The monoisotopic (exact) mass is 344 g/mol. The maximum Gasteiger partial charge on any atom is 0.259 e. The molecule has 7 nitrogen and oxygen atoms in total. The number of carbonyl (C=O) groups is 1. The van der Waals surface area contributed by atoms with Gasteiger partial charge >= 0.3 is 0 Å². The molecule has 1 amide bonds. The molecule has 1 saturated heterocycles. The zero-order valence-corrected chi connectivity index (χ0v) is 13.1. The van der Waals surface area contributed by atoms with Crippen molar-refractivity contribution in [3.63, 3.8) is 0 Å². The minimum Gasteiger partial charge on any atom is -0.352 e. The number of carbonyl (C=O) groups excluding carboxylic acids is 1. The van der Waals surface area contributed by atoms with Crippen LogP contribution >= 0.6 is 0 Å². The second-order valence-electron chi connectivity index (χ2n) is 5.70. The molecule has 1 aromatic carbocycles. The zero-order chi connectivity index (χ0) is 17.4. The van der Waals surface area contributed by atoms with E-state index in [0.29, 0.717) is 31.8 Å². The molecule has 4 rings (SSSR count). The predicted molar refractivity (Wildman–Crippen MR) is 85.3 cm³/mol. The summed E-state index contributed by atoms with van der Waals surface area (Å²) in [7, 11) is 0. The first-order chi connectivity index (χ1) is 12.1. The molecule has 1 aliphatic rings. The van der Waals surface area contributed by atoms with Crippen LogP contribution in [0.1, 0.15) is 10.4 Å². The molecule has 9 heteroatoms. The van der Waals surface area contributed by atoms with Crippen LogP contribution in [0, 0.1) is 11.6 Å². The summed E-state index contributed by atoms with van der Waals surface area (Å²) in [6.07, 6.45) is 1.51. The van der Waals surface area contributed by atoms with Gasteiger partial charge in [-0.15, -0.1) is 15.3 Å². The Morgan fingerprint density at radius 1 is 1.00 bits per heavy atom. The molecule has 1 fully saturated rings. The fourth-order valence-electron chi connectivity index (χ4n) is 2.89. The van der Waals surface area contributed by atoms with Crippen molar-refractivity contribution in [2.45, 2.75) is 0 Å². The van der Waals surface area contributed by atoms with Gasteiger partial charge in [-0.3, -0.25) is 4.79 Å². The van der Waals surface area contributed by atoms with E-state index in [0.717, 1.165) is 18.0 Å². The second-order valence-corrected chi connectivity index (χ2v) is 5.70. The molecule has 0 N–H and O–H groups in total. The van der Waals surface area contributed by atoms with Crippen LogP contribution < -0.4 is 4.90 Å². The van der Waals surface area contributed by atoms with Crippen LogP contribution in [0.5, 0.6) is 0 Å². The van der Waals surface area contributed by atoms with Gasteiger partial charge in [0.1, 0.15) is 29.3 Å². The third-order valence-corrected chi connectivity index (χ3v) is 4.22. The van der Waals surface area contributed by atoms with E-state index in [-0.39, 0.29) is 0 Å². The van der Waals surface area contributed by atoms with Gasteiger partial charge in [-0.1, -0.05) is 6.07 Å². The van der Waals surface area contributed by atoms with Gasteiger partial charge in [-0.05, 0) is 24.3 Å². The van der Waals surface area contributed by atoms with Crippen molar-refractivity contribution in [2.24, 2.45) is 0 Å². The molecule has 3 aromatic rings. The summed E-state index contributed by atoms with van der Waals surface area (Å²) in [6.45, 7) is 1.74. The summed E-state index contributed by atoms with van der Waals surface area (Å²) < 4.78 is 29.2. The van der Waals surface area contributed by atoms with Crippen LogP contribution in [-0.4, -0.2) is 56.8 Å². The van der Waals surface area contributed by atoms with Crippen LogP contribution in [0.2, 0.25) is 0 Å². The van der Waals surface area contributed by atoms with Gasteiger partial charge in [0.15, 0.2) is 5.65 Å². The zero-order valence-electron chi connectivity index (χ0n) is 13.1. The van der Waals surface area contributed by atoms with Crippen molar-refractivity contribution in [1.29, 1.82) is 0 Å². The van der Waals surface area contributed by atoms with E-state index in [4.69, 9.17) is 0 Å². The summed E-state index contributed by atoms with van der Waals surface area (Å²) in [5, 5.41) is 12.1. The Kier molecular flexibility index (Phi) is 3.75. The molecule has 0 aliphatic carbocycles. The fourth-order valence-corrected chi connectivity index (χ4v) is 2.89. The van der Waals surface area contributed by atoms with Gasteiger partial charge in [0.05, 0.1) is 0 Å². The largest absolute Gasteiger partial charge is 0.352 e. The van der Waals surface area contributed by atoms with E-state index in [9.17, 15) is 13.6 Å². The Balaban J connectivity index is 1.48. The highest BCUT2D eigenvalue weighted by Crippen LogP contribution is 2.18. The molecule has 0 unspecified atom stereocenters. The van der Waals surface area contributed by atoms with Crippen molar-refractivity contribution in [3.8, 4) is 0 Å². The third-order valence-electron chi connectivity index (χ3n) is 4.22. The predicted octanol–water partition coefficient (Wildman–Crippen LogP) is 1.36. The number of aromatic nitrogens is 4. The van der Waals surface area contributed by atoms with Gasteiger partial charge < -0.3 is 9.80 Å². The van der Waals surface area contributed by atoms with Crippen molar-refractivity contribution in [2.75, 3.05) is 31.1 Å². The molecular formula is C16H14F2N6O. The molecule has 0 radical (unpaired) electrons. The average molecular weight is 344 g/mol. The number of amides is 1. The van der Waals surface area contributed by atoms with Crippen LogP contribution in [-0.2, 0) is 0 Å². The number of benzene rings is 1. The van der Waals surface area contributed by atoms with Crippen molar-refractivity contribution in [3.05, 3.63) is 53.9 Å². The number of hydrogen-bond donors (Lipinski definition) is 0. The molecular weight excluding hydrogens is 330 g/mol. The molecule has 3 heterocycles. The van der Waals surface area contributed by atoms with Crippen LogP contribution in [0.25, 0.3) is 5.65 Å². The number of fused-ring (bicyclic) bond motifs is 1. The minimum absolute atomic E-state index is 0.356. The first-order valence-corrected chi connectivity index (χ1v) is 7.79. The highest BCUT2D eigenvalue weighted by atomic mass is 19.1. The molecule has 128 valence electrons. The van der Waals surface area contributed by atoms with Gasteiger partial charge in [0, 0.05) is 26.2 Å². The van der Waals surface area contributed by atoms with Crippen LogP contribution in [0.4, 0.5) is 14.6 Å². The second kappa shape index (κ2) is 6.08. The average Bonchev–Trinajstić information content (AvgIpc) is 3.09. The van der Waals surface area contributed by atoms with Crippen molar-refractivity contribution < 1.29 is 13.6 Å². The van der Waals surface area contributed by atoms with Crippen LogP contribution in [0.3, 0.4) is 0 Å². The minimum atomic E-state index is -0.841. The summed E-state index contributed by atoms with van der Waals surface area (Å²) in [6, 6.07) is 7.06. The molecule has 2 aromatic heterocycles. The molecule has 0 atom stereocenters. The Hall–Kier alpha value is -3.10. The first-order valence-electron chi connectivity index (χ1n) is 7.79. The lowest BCUT2D eigenvalue weighted by molar-refractivity contribution is 0.0736. The van der Waals surface area contributed by atoms with Gasteiger partial charge in [0.2, 0.25) is 0 Å². The summed E-state index contributed by atoms with van der Waals surface area (Å²) in [5.74, 6) is -1.58. The lowest BCUT2D eigenvalue weighted by Crippen LogP contribution is -2.49. The third kappa shape index (κ3) is 2.77. The van der Waals surface area contributed by atoms with E-state index in [1.54, 1.807) is 4.52 Å². The Bertz CT molecular complexity index is 915. The molecule has 25 heavy (non-hydrogen) atoms. The SMILES string of the molecule is O=C(c1c(F)cccc1F)N1CCN(c2ccc3nncn3n2)CC1. The number of piperazine rings is 1. The number of nitrogens with zero attached hydrogens (tertiary/aromatic N) is 6. The number of hydrogen-bond acceptors (Lipinski definition) is 5. The first kappa shape index (κ1) is 15.4. The smallest absolute Gasteiger partial charge is 0.259 e. The normalized spacial score (nSPS) is 15.0. The maximum atomic E-state index is 13.8. The number of anilines is 1.